The number of pyridine rings is 1. The largest absolute Gasteiger partial charge is 0.326 e. The Balaban J connectivity index is 2.06. The summed E-state index contributed by atoms with van der Waals surface area (Å²) in [5.74, 6) is -0.239. The molecule has 1 aromatic heterocycles. The molecule has 2 N–H and O–H groups in total. The van der Waals surface area contributed by atoms with Gasteiger partial charge in [-0.2, -0.15) is 0 Å². The molecule has 0 aliphatic heterocycles. The van der Waals surface area contributed by atoms with Crippen LogP contribution in [-0.4, -0.2) is 16.9 Å². The van der Waals surface area contributed by atoms with Crippen molar-refractivity contribution in [3.63, 3.8) is 0 Å². The zero-order valence-corrected chi connectivity index (χ0v) is 11.9. The highest BCUT2D eigenvalue weighted by molar-refractivity contribution is 5.27. The highest BCUT2D eigenvalue weighted by Gasteiger charge is 2.07. The maximum absolute atomic E-state index is 13.2. The van der Waals surface area contributed by atoms with E-state index in [9.17, 15) is 4.39 Å². The maximum atomic E-state index is 13.2. The second-order valence-electron chi connectivity index (χ2n) is 5.06. The fourth-order valence-corrected chi connectivity index (χ4v) is 2.25. The number of aryl methyl sites for hydroxylation is 1. The number of aromatic nitrogens is 1. The van der Waals surface area contributed by atoms with Crippen LogP contribution in [0.15, 0.2) is 36.4 Å². The molecule has 0 atom stereocenters. The first-order valence-corrected chi connectivity index (χ1v) is 6.67. The van der Waals surface area contributed by atoms with Crippen molar-refractivity contribution in [2.24, 2.45) is 5.73 Å². The van der Waals surface area contributed by atoms with Gasteiger partial charge in [-0.1, -0.05) is 12.1 Å². The summed E-state index contributed by atoms with van der Waals surface area (Å²) in [5, 5.41) is 0. The van der Waals surface area contributed by atoms with E-state index in [1.54, 1.807) is 6.07 Å². The summed E-state index contributed by atoms with van der Waals surface area (Å²) < 4.78 is 13.2. The number of hydrogen-bond donors (Lipinski definition) is 1. The number of hydrogen-bond acceptors (Lipinski definition) is 3. The number of benzene rings is 1. The van der Waals surface area contributed by atoms with E-state index in [1.807, 2.05) is 32.2 Å². The van der Waals surface area contributed by atoms with E-state index >= 15 is 0 Å². The van der Waals surface area contributed by atoms with Crippen LogP contribution >= 0.6 is 0 Å². The molecule has 1 heterocycles. The smallest absolute Gasteiger partial charge is 0.123 e. The third-order valence-electron chi connectivity index (χ3n) is 3.21. The van der Waals surface area contributed by atoms with E-state index in [2.05, 4.69) is 9.88 Å². The van der Waals surface area contributed by atoms with Gasteiger partial charge in [0.1, 0.15) is 5.82 Å². The SMILES string of the molecule is Cc1cccc(CN(C)Cc2ccc(F)cc2CN)n1. The van der Waals surface area contributed by atoms with E-state index in [1.165, 1.54) is 12.1 Å². The van der Waals surface area contributed by atoms with Gasteiger partial charge in [0.15, 0.2) is 0 Å². The zero-order valence-electron chi connectivity index (χ0n) is 11.9. The third-order valence-corrected chi connectivity index (χ3v) is 3.21. The van der Waals surface area contributed by atoms with Gasteiger partial charge >= 0.3 is 0 Å². The molecule has 0 radical (unpaired) electrons. The Labute approximate surface area is 119 Å². The molecule has 0 amide bonds. The molecule has 2 aromatic rings. The lowest BCUT2D eigenvalue weighted by molar-refractivity contribution is 0.313. The van der Waals surface area contributed by atoms with Gasteiger partial charge in [-0.3, -0.25) is 9.88 Å². The van der Waals surface area contributed by atoms with Gasteiger partial charge in [-0.15, -0.1) is 0 Å². The molecule has 0 saturated carbocycles. The van der Waals surface area contributed by atoms with E-state index in [-0.39, 0.29) is 5.82 Å². The number of rotatable bonds is 5. The third kappa shape index (κ3) is 3.85. The molecular formula is C16H20FN3. The standard InChI is InChI=1S/C16H20FN3/c1-12-4-3-5-16(19-12)11-20(2)10-13-6-7-15(17)8-14(13)9-18/h3-8H,9-11,18H2,1-2H3. The first kappa shape index (κ1) is 14.6. The molecule has 0 aliphatic carbocycles. The molecule has 4 heteroatoms. The lowest BCUT2D eigenvalue weighted by Crippen LogP contribution is -2.19. The first-order valence-electron chi connectivity index (χ1n) is 6.67. The Morgan fingerprint density at radius 3 is 2.65 bits per heavy atom. The highest BCUT2D eigenvalue weighted by Crippen LogP contribution is 2.14. The maximum Gasteiger partial charge on any atom is 0.123 e. The summed E-state index contributed by atoms with van der Waals surface area (Å²) in [7, 11) is 2.02. The van der Waals surface area contributed by atoms with E-state index < -0.39 is 0 Å². The summed E-state index contributed by atoms with van der Waals surface area (Å²) in [4.78, 5) is 6.63. The van der Waals surface area contributed by atoms with Gasteiger partial charge in [0, 0.05) is 25.3 Å². The molecule has 3 nitrogen and oxygen atoms in total. The summed E-state index contributed by atoms with van der Waals surface area (Å²) in [6.45, 7) is 3.81. The zero-order chi connectivity index (χ0) is 14.5. The lowest BCUT2D eigenvalue weighted by atomic mass is 10.1. The van der Waals surface area contributed by atoms with E-state index in [0.29, 0.717) is 6.54 Å². The van der Waals surface area contributed by atoms with Crippen LogP contribution in [0.1, 0.15) is 22.5 Å². The van der Waals surface area contributed by atoms with Gasteiger partial charge in [-0.25, -0.2) is 4.39 Å². The van der Waals surface area contributed by atoms with E-state index in [4.69, 9.17) is 5.73 Å². The Kier molecular flexibility index (Phi) is 4.82. The van der Waals surface area contributed by atoms with Crippen molar-refractivity contribution < 1.29 is 4.39 Å². The normalized spacial score (nSPS) is 11.1. The minimum Gasteiger partial charge on any atom is -0.326 e. The topological polar surface area (TPSA) is 42.1 Å². The molecule has 20 heavy (non-hydrogen) atoms. The number of nitrogens with zero attached hydrogens (tertiary/aromatic N) is 2. The Hall–Kier alpha value is -1.78. The molecule has 1 aromatic carbocycles. The first-order chi connectivity index (χ1) is 9.58. The van der Waals surface area contributed by atoms with Crippen LogP contribution in [0.4, 0.5) is 4.39 Å². The Morgan fingerprint density at radius 1 is 1.15 bits per heavy atom. The van der Waals surface area contributed by atoms with Gasteiger partial charge in [0.25, 0.3) is 0 Å². The minimum absolute atomic E-state index is 0.239. The summed E-state index contributed by atoms with van der Waals surface area (Å²) in [6.07, 6.45) is 0. The predicted octanol–water partition coefficient (Wildman–Crippen LogP) is 2.62. The van der Waals surface area contributed by atoms with Crippen LogP contribution in [0.5, 0.6) is 0 Å². The van der Waals surface area contributed by atoms with Crippen molar-refractivity contribution in [1.29, 1.82) is 0 Å². The number of nitrogens with two attached hydrogens (primary N) is 1. The van der Waals surface area contributed by atoms with Crippen LogP contribution < -0.4 is 5.73 Å². The lowest BCUT2D eigenvalue weighted by Gasteiger charge is -2.18. The Morgan fingerprint density at radius 2 is 1.95 bits per heavy atom. The van der Waals surface area contributed by atoms with Gasteiger partial charge in [0.05, 0.1) is 5.69 Å². The van der Waals surface area contributed by atoms with Crippen molar-refractivity contribution in [3.8, 4) is 0 Å². The van der Waals surface area contributed by atoms with Crippen molar-refractivity contribution >= 4 is 0 Å². The molecule has 2 rings (SSSR count). The van der Waals surface area contributed by atoms with Gasteiger partial charge in [-0.05, 0) is 49.4 Å². The minimum atomic E-state index is -0.239. The van der Waals surface area contributed by atoms with Gasteiger partial charge in [0.2, 0.25) is 0 Å². The van der Waals surface area contributed by atoms with Crippen LogP contribution in [0.3, 0.4) is 0 Å². The molecule has 0 aliphatic rings. The van der Waals surface area contributed by atoms with Crippen LogP contribution in [0.2, 0.25) is 0 Å². The monoisotopic (exact) mass is 273 g/mol. The number of halogens is 1. The molecule has 0 spiro atoms. The molecule has 0 fully saturated rings. The second kappa shape index (κ2) is 6.59. The second-order valence-corrected chi connectivity index (χ2v) is 5.06. The fourth-order valence-electron chi connectivity index (χ4n) is 2.25. The molecule has 0 bridgehead atoms. The quantitative estimate of drug-likeness (QED) is 0.910. The fraction of sp³-hybridized carbons (Fsp3) is 0.312. The summed E-state index contributed by atoms with van der Waals surface area (Å²) >= 11 is 0. The summed E-state index contributed by atoms with van der Waals surface area (Å²) in [6, 6.07) is 10.8. The van der Waals surface area contributed by atoms with Crippen molar-refractivity contribution in [2.75, 3.05) is 7.05 Å². The van der Waals surface area contributed by atoms with Crippen molar-refractivity contribution in [2.45, 2.75) is 26.6 Å². The Bertz CT molecular complexity index is 584. The van der Waals surface area contributed by atoms with Crippen LogP contribution in [-0.2, 0) is 19.6 Å². The average Bonchev–Trinajstić information content (AvgIpc) is 2.40. The van der Waals surface area contributed by atoms with Crippen molar-refractivity contribution in [3.05, 3.63) is 64.7 Å². The highest BCUT2D eigenvalue weighted by atomic mass is 19.1. The molecular weight excluding hydrogens is 253 g/mol. The van der Waals surface area contributed by atoms with E-state index in [0.717, 1.165) is 35.6 Å². The van der Waals surface area contributed by atoms with Crippen molar-refractivity contribution in [1.82, 2.24) is 9.88 Å². The molecule has 106 valence electrons. The molecule has 0 unspecified atom stereocenters. The summed E-state index contributed by atoms with van der Waals surface area (Å²) in [5.41, 5.74) is 9.63. The van der Waals surface area contributed by atoms with Gasteiger partial charge < -0.3 is 5.73 Å². The average molecular weight is 273 g/mol. The van der Waals surface area contributed by atoms with Crippen LogP contribution in [0, 0.1) is 12.7 Å². The molecule has 0 saturated heterocycles. The predicted molar refractivity (Wildman–Crippen MR) is 78.4 cm³/mol. The van der Waals surface area contributed by atoms with Crippen LogP contribution in [0.25, 0.3) is 0 Å².